The fourth-order valence-electron chi connectivity index (χ4n) is 2.64. The van der Waals surface area contributed by atoms with Crippen LogP contribution in [-0.2, 0) is 9.53 Å². The van der Waals surface area contributed by atoms with Gasteiger partial charge in [0.15, 0.2) is 6.61 Å². The van der Waals surface area contributed by atoms with Crippen molar-refractivity contribution in [2.75, 3.05) is 18.1 Å². The molecule has 0 heterocycles. The van der Waals surface area contributed by atoms with Crippen molar-refractivity contribution in [3.8, 4) is 17.6 Å². The predicted octanol–water partition coefficient (Wildman–Crippen LogP) is 2.82. The van der Waals surface area contributed by atoms with Crippen LogP contribution in [0.5, 0.6) is 11.5 Å². The summed E-state index contributed by atoms with van der Waals surface area (Å²) in [5, 5.41) is 27.8. The van der Waals surface area contributed by atoms with Gasteiger partial charge in [-0.25, -0.2) is 4.79 Å². The molecule has 0 fully saturated rings. The number of benzene rings is 2. The number of anilines is 1. The minimum atomic E-state index is -0.887. The molecule has 0 aromatic heterocycles. The van der Waals surface area contributed by atoms with Crippen LogP contribution in [-0.4, -0.2) is 35.2 Å². The number of aryl methyl sites for hydroxylation is 2. The first kappa shape index (κ1) is 19.8. The van der Waals surface area contributed by atoms with E-state index in [0.29, 0.717) is 5.69 Å². The van der Waals surface area contributed by atoms with Gasteiger partial charge in [0.2, 0.25) is 0 Å². The number of esters is 1. The maximum Gasteiger partial charge on any atom is 0.342 e. The number of phenolic OH excluding ortho intramolecular Hbond substituents is 2. The van der Waals surface area contributed by atoms with Crippen molar-refractivity contribution < 1.29 is 24.5 Å². The van der Waals surface area contributed by atoms with Crippen LogP contribution in [0.4, 0.5) is 5.69 Å². The molecule has 2 rings (SSSR count). The summed E-state index contributed by atoms with van der Waals surface area (Å²) >= 11 is 0. The van der Waals surface area contributed by atoms with E-state index < -0.39 is 24.2 Å². The highest BCUT2D eigenvalue weighted by Crippen LogP contribution is 2.23. The predicted molar refractivity (Wildman–Crippen MR) is 98.6 cm³/mol. The van der Waals surface area contributed by atoms with E-state index in [1.165, 1.54) is 17.0 Å². The molecule has 0 spiro atoms. The highest BCUT2D eigenvalue weighted by atomic mass is 16.5. The van der Waals surface area contributed by atoms with E-state index in [1.54, 1.807) is 0 Å². The Hall–Kier alpha value is -3.53. The number of hydrogen-bond donors (Lipinski definition) is 2. The summed E-state index contributed by atoms with van der Waals surface area (Å²) in [6, 6.07) is 11.0. The van der Waals surface area contributed by atoms with E-state index in [0.717, 1.165) is 17.2 Å². The lowest BCUT2D eigenvalue weighted by Gasteiger charge is -2.22. The van der Waals surface area contributed by atoms with Crippen LogP contribution in [0.3, 0.4) is 0 Å². The van der Waals surface area contributed by atoms with Gasteiger partial charge in [-0.15, -0.1) is 0 Å². The van der Waals surface area contributed by atoms with Crippen LogP contribution in [0.2, 0.25) is 0 Å². The lowest BCUT2D eigenvalue weighted by molar-refractivity contribution is -0.121. The third-order valence-electron chi connectivity index (χ3n) is 3.79. The second-order valence-electron chi connectivity index (χ2n) is 6.08. The molecule has 0 saturated heterocycles. The Morgan fingerprint density at radius 3 is 2.37 bits per heavy atom. The number of aromatic hydroxyl groups is 2. The second-order valence-corrected chi connectivity index (χ2v) is 6.08. The molecule has 140 valence electrons. The summed E-state index contributed by atoms with van der Waals surface area (Å²) in [7, 11) is 0. The first-order valence-electron chi connectivity index (χ1n) is 8.26. The van der Waals surface area contributed by atoms with Crippen LogP contribution < -0.4 is 4.90 Å². The zero-order valence-corrected chi connectivity index (χ0v) is 15.1. The summed E-state index contributed by atoms with van der Waals surface area (Å²) in [5.41, 5.74) is 2.39. The molecule has 0 atom stereocenters. The number of carbonyl (C=O) groups excluding carboxylic acids is 2. The molecular formula is C20H20N2O5. The number of ether oxygens (including phenoxy) is 1. The zero-order valence-electron chi connectivity index (χ0n) is 15.1. The number of hydrogen-bond acceptors (Lipinski definition) is 6. The fraction of sp³-hybridized carbons (Fsp3) is 0.250. The van der Waals surface area contributed by atoms with E-state index in [1.807, 2.05) is 38.1 Å². The van der Waals surface area contributed by atoms with Crippen molar-refractivity contribution in [3.05, 3.63) is 53.1 Å². The molecule has 0 aliphatic rings. The summed E-state index contributed by atoms with van der Waals surface area (Å²) < 4.78 is 5.00. The van der Waals surface area contributed by atoms with Crippen molar-refractivity contribution in [2.45, 2.75) is 20.3 Å². The Morgan fingerprint density at radius 2 is 1.78 bits per heavy atom. The topological polar surface area (TPSA) is 111 Å². The normalized spacial score (nSPS) is 10.1. The number of nitriles is 1. The van der Waals surface area contributed by atoms with Crippen LogP contribution in [0, 0.1) is 25.2 Å². The maximum absolute atomic E-state index is 12.6. The molecule has 0 aliphatic carbocycles. The summed E-state index contributed by atoms with van der Waals surface area (Å²) in [6.45, 7) is 3.42. The molecule has 0 aliphatic heterocycles. The number of nitrogens with zero attached hydrogens (tertiary/aromatic N) is 2. The summed E-state index contributed by atoms with van der Waals surface area (Å²) in [4.78, 5) is 26.1. The van der Waals surface area contributed by atoms with Gasteiger partial charge in [0.05, 0.1) is 12.5 Å². The van der Waals surface area contributed by atoms with E-state index >= 15 is 0 Å². The molecular weight excluding hydrogens is 348 g/mol. The molecule has 2 aromatic carbocycles. The van der Waals surface area contributed by atoms with Gasteiger partial charge < -0.3 is 19.8 Å². The Balaban J connectivity index is 2.13. The SMILES string of the molecule is Cc1cc(C)cc(N(CCC#N)C(=O)COC(=O)c2ccc(O)cc2O)c1. The first-order chi connectivity index (χ1) is 12.8. The number of rotatable bonds is 6. The van der Waals surface area contributed by atoms with Gasteiger partial charge in [-0.1, -0.05) is 6.07 Å². The van der Waals surface area contributed by atoms with Gasteiger partial charge in [-0.2, -0.15) is 5.26 Å². The van der Waals surface area contributed by atoms with E-state index in [2.05, 4.69) is 0 Å². The maximum atomic E-state index is 12.6. The first-order valence-corrected chi connectivity index (χ1v) is 8.26. The molecule has 1 amide bonds. The molecule has 27 heavy (non-hydrogen) atoms. The quantitative estimate of drug-likeness (QED) is 0.759. The Kier molecular flexibility index (Phi) is 6.39. The van der Waals surface area contributed by atoms with Crippen LogP contribution in [0.1, 0.15) is 27.9 Å². The molecule has 7 nitrogen and oxygen atoms in total. The van der Waals surface area contributed by atoms with Gasteiger partial charge >= 0.3 is 5.97 Å². The fourth-order valence-corrected chi connectivity index (χ4v) is 2.64. The Labute approximate surface area is 157 Å². The van der Waals surface area contributed by atoms with Crippen LogP contribution in [0.25, 0.3) is 0 Å². The van der Waals surface area contributed by atoms with Crippen molar-refractivity contribution >= 4 is 17.6 Å². The van der Waals surface area contributed by atoms with Crippen LogP contribution in [0.15, 0.2) is 36.4 Å². The molecule has 2 aromatic rings. The van der Waals surface area contributed by atoms with E-state index in [4.69, 9.17) is 10.00 Å². The number of amides is 1. The Bertz CT molecular complexity index is 881. The average Bonchev–Trinajstić information content (AvgIpc) is 2.59. The van der Waals surface area contributed by atoms with Gasteiger partial charge in [0, 0.05) is 18.3 Å². The number of carbonyl (C=O) groups is 2. The molecule has 0 saturated carbocycles. The minimum Gasteiger partial charge on any atom is -0.508 e. The van der Waals surface area contributed by atoms with Gasteiger partial charge in [-0.3, -0.25) is 4.79 Å². The molecule has 0 radical (unpaired) electrons. The lowest BCUT2D eigenvalue weighted by atomic mass is 10.1. The van der Waals surface area contributed by atoms with Crippen molar-refractivity contribution in [2.24, 2.45) is 0 Å². The van der Waals surface area contributed by atoms with Crippen molar-refractivity contribution in [1.82, 2.24) is 0 Å². The summed E-state index contributed by atoms with van der Waals surface area (Å²) in [6.07, 6.45) is 0.130. The highest BCUT2D eigenvalue weighted by Gasteiger charge is 2.20. The van der Waals surface area contributed by atoms with E-state index in [9.17, 15) is 19.8 Å². The summed E-state index contributed by atoms with van der Waals surface area (Å²) in [5.74, 6) is -2.01. The Morgan fingerprint density at radius 1 is 1.11 bits per heavy atom. The molecule has 0 unspecified atom stereocenters. The van der Waals surface area contributed by atoms with E-state index in [-0.39, 0.29) is 24.3 Å². The number of phenols is 2. The molecule has 7 heteroatoms. The van der Waals surface area contributed by atoms with Gasteiger partial charge in [0.25, 0.3) is 5.91 Å². The minimum absolute atomic E-state index is 0.130. The smallest absolute Gasteiger partial charge is 0.342 e. The van der Waals surface area contributed by atoms with Crippen molar-refractivity contribution in [3.63, 3.8) is 0 Å². The van der Waals surface area contributed by atoms with Crippen LogP contribution >= 0.6 is 0 Å². The van der Waals surface area contributed by atoms with Gasteiger partial charge in [0.1, 0.15) is 17.1 Å². The van der Waals surface area contributed by atoms with Gasteiger partial charge in [-0.05, 0) is 49.2 Å². The third-order valence-corrected chi connectivity index (χ3v) is 3.79. The van der Waals surface area contributed by atoms with Crippen molar-refractivity contribution in [1.29, 1.82) is 5.26 Å². The average molecular weight is 368 g/mol. The third kappa shape index (κ3) is 5.22. The molecule has 2 N–H and O–H groups in total. The second kappa shape index (κ2) is 8.72. The largest absolute Gasteiger partial charge is 0.508 e. The highest BCUT2D eigenvalue weighted by molar-refractivity contribution is 5.98. The monoisotopic (exact) mass is 368 g/mol. The standard InChI is InChI=1S/C20H20N2O5/c1-13-8-14(2)10-15(9-13)22(7-3-6-21)19(25)12-27-20(26)17-5-4-16(23)11-18(17)24/h4-5,8-11,23-24H,3,7,12H2,1-2H3. The zero-order chi connectivity index (χ0) is 20.0. The molecule has 0 bridgehead atoms. The lowest BCUT2D eigenvalue weighted by Crippen LogP contribution is -2.35.